The van der Waals surface area contributed by atoms with E-state index in [2.05, 4.69) is 35.4 Å². The molecule has 1 amide bonds. The maximum Gasteiger partial charge on any atom is 0.231 e. The van der Waals surface area contributed by atoms with E-state index in [-0.39, 0.29) is 11.3 Å². The Morgan fingerprint density at radius 1 is 1.29 bits per heavy atom. The summed E-state index contributed by atoms with van der Waals surface area (Å²) in [5.74, 6) is 0.170. The largest absolute Gasteiger partial charge is 0.317 e. The molecule has 1 N–H and O–H groups in total. The zero-order valence-corrected chi connectivity index (χ0v) is 14.1. The van der Waals surface area contributed by atoms with Gasteiger partial charge in [-0.3, -0.25) is 9.78 Å². The number of aryl methyl sites for hydroxylation is 1. The van der Waals surface area contributed by atoms with E-state index in [0.717, 1.165) is 43.7 Å². The molecule has 2 aliphatic rings. The summed E-state index contributed by atoms with van der Waals surface area (Å²) in [6, 6.07) is 10.4. The van der Waals surface area contributed by atoms with Gasteiger partial charge in [-0.15, -0.1) is 0 Å². The molecule has 4 nitrogen and oxygen atoms in total. The van der Waals surface area contributed by atoms with Crippen molar-refractivity contribution in [2.75, 3.05) is 24.5 Å². The summed E-state index contributed by atoms with van der Waals surface area (Å²) in [6.07, 6.45) is 6.13. The van der Waals surface area contributed by atoms with E-state index in [9.17, 15) is 4.79 Å². The minimum atomic E-state index is 0.122. The van der Waals surface area contributed by atoms with Crippen LogP contribution in [0.25, 0.3) is 0 Å². The van der Waals surface area contributed by atoms with Gasteiger partial charge in [-0.2, -0.15) is 0 Å². The van der Waals surface area contributed by atoms with Gasteiger partial charge < -0.3 is 10.2 Å². The quantitative estimate of drug-likeness (QED) is 0.925. The number of fused-ring (bicyclic) bond motifs is 2. The van der Waals surface area contributed by atoms with Crippen molar-refractivity contribution in [2.45, 2.75) is 31.6 Å². The van der Waals surface area contributed by atoms with Crippen molar-refractivity contribution in [3.63, 3.8) is 0 Å². The van der Waals surface area contributed by atoms with Crippen molar-refractivity contribution in [1.29, 1.82) is 0 Å². The number of anilines is 1. The predicted molar refractivity (Wildman–Crippen MR) is 95.3 cm³/mol. The number of carbonyl (C=O) groups is 1. The Morgan fingerprint density at radius 3 is 2.88 bits per heavy atom. The lowest BCUT2D eigenvalue weighted by Crippen LogP contribution is -2.44. The fraction of sp³-hybridized carbons (Fsp3) is 0.400. The number of nitrogens with zero attached hydrogens (tertiary/aromatic N) is 2. The van der Waals surface area contributed by atoms with Gasteiger partial charge in [-0.25, -0.2) is 0 Å². The number of rotatable bonds is 2. The average Bonchev–Trinajstić information content (AvgIpc) is 2.90. The van der Waals surface area contributed by atoms with Gasteiger partial charge in [0, 0.05) is 30.0 Å². The van der Waals surface area contributed by atoms with E-state index in [1.807, 2.05) is 17.0 Å². The summed E-state index contributed by atoms with van der Waals surface area (Å²) in [5, 5.41) is 3.45. The molecule has 1 fully saturated rings. The van der Waals surface area contributed by atoms with Gasteiger partial charge in [-0.05, 0) is 56.1 Å². The van der Waals surface area contributed by atoms with Gasteiger partial charge >= 0.3 is 0 Å². The van der Waals surface area contributed by atoms with Crippen LogP contribution in [0.15, 0.2) is 42.7 Å². The Morgan fingerprint density at radius 2 is 2.12 bits per heavy atom. The molecule has 124 valence electrons. The maximum absolute atomic E-state index is 13.0. The minimum absolute atomic E-state index is 0.122. The van der Waals surface area contributed by atoms with Crippen LogP contribution in [0.3, 0.4) is 0 Å². The minimum Gasteiger partial charge on any atom is -0.317 e. The Hall–Kier alpha value is -2.20. The van der Waals surface area contributed by atoms with Gasteiger partial charge in [0.1, 0.15) is 0 Å². The topological polar surface area (TPSA) is 45.2 Å². The highest BCUT2D eigenvalue weighted by Crippen LogP contribution is 2.46. The molecule has 3 heterocycles. The summed E-state index contributed by atoms with van der Waals surface area (Å²) in [7, 11) is 0. The number of nitrogens with one attached hydrogen (secondary N) is 1. The summed E-state index contributed by atoms with van der Waals surface area (Å²) in [4.78, 5) is 19.1. The highest BCUT2D eigenvalue weighted by molar-refractivity contribution is 5.97. The van der Waals surface area contributed by atoms with Crippen LogP contribution in [0, 0.1) is 6.92 Å². The van der Waals surface area contributed by atoms with E-state index in [4.69, 9.17) is 0 Å². The number of carbonyl (C=O) groups excluding carboxylic acids is 1. The maximum atomic E-state index is 13.0. The predicted octanol–water partition coefficient (Wildman–Crippen LogP) is 2.60. The smallest absolute Gasteiger partial charge is 0.231 e. The highest BCUT2D eigenvalue weighted by Gasteiger charge is 2.44. The third-order valence-electron chi connectivity index (χ3n) is 5.41. The number of pyridine rings is 1. The molecule has 1 aromatic carbocycles. The molecule has 1 spiro atoms. The second-order valence-electron chi connectivity index (χ2n) is 7.07. The molecule has 24 heavy (non-hydrogen) atoms. The Labute approximate surface area is 142 Å². The van der Waals surface area contributed by atoms with Crippen molar-refractivity contribution >= 4 is 11.6 Å². The van der Waals surface area contributed by atoms with E-state index in [0.29, 0.717) is 6.42 Å². The number of aromatic nitrogens is 1. The zero-order chi connectivity index (χ0) is 16.6. The standard InChI is InChI=1S/C20H23N3O/c1-15-4-5-18-17(11-15)20(6-9-21-10-7-20)14-23(18)19(24)12-16-3-2-8-22-13-16/h2-5,8,11,13,21H,6-7,9-10,12,14H2,1H3. The summed E-state index contributed by atoms with van der Waals surface area (Å²) < 4.78 is 0. The Kier molecular flexibility index (Phi) is 3.85. The average molecular weight is 321 g/mol. The SMILES string of the molecule is Cc1ccc2c(c1)C1(CCNCC1)CN2C(=O)Cc1cccnc1. The van der Waals surface area contributed by atoms with Crippen molar-refractivity contribution in [3.05, 3.63) is 59.4 Å². The molecule has 4 rings (SSSR count). The first-order valence-electron chi connectivity index (χ1n) is 8.69. The van der Waals surface area contributed by atoms with Crippen LogP contribution in [-0.2, 0) is 16.6 Å². The number of benzene rings is 1. The molecule has 0 atom stereocenters. The molecule has 4 heteroatoms. The molecule has 1 saturated heterocycles. The fourth-order valence-electron chi connectivity index (χ4n) is 4.11. The van der Waals surface area contributed by atoms with Gasteiger partial charge in [0.05, 0.1) is 6.42 Å². The van der Waals surface area contributed by atoms with Crippen LogP contribution in [0.4, 0.5) is 5.69 Å². The molecule has 2 aliphatic heterocycles. The summed E-state index contributed by atoms with van der Waals surface area (Å²) in [5.41, 5.74) is 4.84. The summed E-state index contributed by atoms with van der Waals surface area (Å²) >= 11 is 0. The zero-order valence-electron chi connectivity index (χ0n) is 14.1. The lowest BCUT2D eigenvalue weighted by molar-refractivity contribution is -0.118. The third-order valence-corrected chi connectivity index (χ3v) is 5.41. The van der Waals surface area contributed by atoms with E-state index in [1.54, 1.807) is 12.4 Å². The van der Waals surface area contributed by atoms with Gasteiger partial charge in [0.15, 0.2) is 0 Å². The fourth-order valence-corrected chi connectivity index (χ4v) is 4.11. The molecule has 0 aliphatic carbocycles. The van der Waals surface area contributed by atoms with Crippen LogP contribution in [-0.4, -0.2) is 30.5 Å². The molecule has 0 bridgehead atoms. The first-order valence-corrected chi connectivity index (χ1v) is 8.69. The number of hydrogen-bond donors (Lipinski definition) is 1. The Balaban J connectivity index is 1.66. The highest BCUT2D eigenvalue weighted by atomic mass is 16.2. The Bertz CT molecular complexity index is 751. The van der Waals surface area contributed by atoms with E-state index < -0.39 is 0 Å². The second kappa shape index (κ2) is 6.02. The number of amides is 1. The van der Waals surface area contributed by atoms with Crippen molar-refractivity contribution < 1.29 is 4.79 Å². The van der Waals surface area contributed by atoms with Crippen LogP contribution < -0.4 is 10.2 Å². The third kappa shape index (κ3) is 2.61. The van der Waals surface area contributed by atoms with Crippen LogP contribution in [0.5, 0.6) is 0 Å². The summed E-state index contributed by atoms with van der Waals surface area (Å²) in [6.45, 7) is 5.00. The first-order chi connectivity index (χ1) is 11.7. The second-order valence-corrected chi connectivity index (χ2v) is 7.07. The molecule has 0 saturated carbocycles. The molecule has 2 aromatic rings. The lowest BCUT2D eigenvalue weighted by Gasteiger charge is -2.34. The normalized spacial score (nSPS) is 18.6. The van der Waals surface area contributed by atoms with Gasteiger partial charge in [0.25, 0.3) is 0 Å². The molecule has 0 radical (unpaired) electrons. The number of piperidine rings is 1. The van der Waals surface area contributed by atoms with E-state index in [1.165, 1.54) is 11.1 Å². The van der Waals surface area contributed by atoms with E-state index >= 15 is 0 Å². The van der Waals surface area contributed by atoms with Crippen LogP contribution in [0.2, 0.25) is 0 Å². The molecular formula is C20H23N3O. The van der Waals surface area contributed by atoms with Crippen LogP contribution >= 0.6 is 0 Å². The molecule has 1 aromatic heterocycles. The van der Waals surface area contributed by atoms with Gasteiger partial charge in [-0.1, -0.05) is 23.8 Å². The molecular weight excluding hydrogens is 298 g/mol. The van der Waals surface area contributed by atoms with Crippen molar-refractivity contribution in [3.8, 4) is 0 Å². The number of hydrogen-bond acceptors (Lipinski definition) is 3. The van der Waals surface area contributed by atoms with Gasteiger partial charge in [0.2, 0.25) is 5.91 Å². The molecule has 0 unspecified atom stereocenters. The monoisotopic (exact) mass is 321 g/mol. The first kappa shape index (κ1) is 15.3. The van der Waals surface area contributed by atoms with Crippen molar-refractivity contribution in [2.24, 2.45) is 0 Å². The lowest BCUT2D eigenvalue weighted by atomic mass is 9.74. The van der Waals surface area contributed by atoms with Crippen molar-refractivity contribution in [1.82, 2.24) is 10.3 Å². The van der Waals surface area contributed by atoms with Crippen LogP contribution in [0.1, 0.15) is 29.5 Å².